The first-order valence-corrected chi connectivity index (χ1v) is 6.29. The van der Waals surface area contributed by atoms with Crippen molar-refractivity contribution in [2.75, 3.05) is 0 Å². The second-order valence-corrected chi connectivity index (χ2v) is 5.74. The minimum Gasteiger partial charge on any atom is -0.478 e. The molecule has 0 unspecified atom stereocenters. The van der Waals surface area contributed by atoms with Crippen molar-refractivity contribution >= 4 is 5.97 Å². The number of aromatic carboxylic acids is 1. The van der Waals surface area contributed by atoms with Gasteiger partial charge in [0.15, 0.2) is 0 Å². The molecular weight excluding hydrogens is 301 g/mol. The van der Waals surface area contributed by atoms with Gasteiger partial charge in [-0.05, 0) is 18.2 Å². The number of rotatable bonds is 2. The average molecular weight is 314 g/mol. The lowest BCUT2D eigenvalue weighted by Gasteiger charge is -2.12. The summed E-state index contributed by atoms with van der Waals surface area (Å²) in [6.45, 7) is 5.34. The van der Waals surface area contributed by atoms with E-state index in [1.807, 2.05) is 0 Å². The molecule has 0 spiro atoms. The zero-order valence-electron chi connectivity index (χ0n) is 12.0. The zero-order chi connectivity index (χ0) is 16.7. The van der Waals surface area contributed by atoms with Gasteiger partial charge in [-0.3, -0.25) is 0 Å². The fourth-order valence-corrected chi connectivity index (χ4v) is 1.74. The van der Waals surface area contributed by atoms with E-state index in [-0.39, 0.29) is 17.3 Å². The first-order chi connectivity index (χ1) is 10.00. The van der Waals surface area contributed by atoms with Crippen LogP contribution in [0.3, 0.4) is 0 Å². The Morgan fingerprint density at radius 2 is 1.86 bits per heavy atom. The van der Waals surface area contributed by atoms with Gasteiger partial charge in [0.25, 0.3) is 0 Å². The molecule has 0 saturated carbocycles. The molecule has 1 aromatic heterocycles. The molecule has 22 heavy (non-hydrogen) atoms. The SMILES string of the molecule is CC(C)(C)c1nc(-c2ccc(C(=O)O)cc2C(F)(F)F)no1. The predicted molar refractivity (Wildman–Crippen MR) is 70.4 cm³/mol. The topological polar surface area (TPSA) is 76.2 Å². The largest absolute Gasteiger partial charge is 0.478 e. The fourth-order valence-electron chi connectivity index (χ4n) is 1.74. The number of hydrogen-bond donors (Lipinski definition) is 1. The summed E-state index contributed by atoms with van der Waals surface area (Å²) in [4.78, 5) is 14.8. The third-order valence-corrected chi connectivity index (χ3v) is 2.88. The Kier molecular flexibility index (Phi) is 3.72. The number of hydrogen-bond acceptors (Lipinski definition) is 4. The highest BCUT2D eigenvalue weighted by Gasteiger charge is 2.36. The molecule has 0 aliphatic rings. The summed E-state index contributed by atoms with van der Waals surface area (Å²) in [5.74, 6) is -1.48. The third kappa shape index (κ3) is 3.10. The number of halogens is 3. The van der Waals surface area contributed by atoms with E-state index in [9.17, 15) is 18.0 Å². The van der Waals surface area contributed by atoms with Crippen LogP contribution >= 0.6 is 0 Å². The summed E-state index contributed by atoms with van der Waals surface area (Å²) in [6.07, 6.45) is -4.73. The van der Waals surface area contributed by atoms with Crippen LogP contribution in [-0.2, 0) is 11.6 Å². The van der Waals surface area contributed by atoms with Crippen molar-refractivity contribution < 1.29 is 27.6 Å². The highest BCUT2D eigenvalue weighted by Crippen LogP contribution is 2.37. The van der Waals surface area contributed by atoms with Crippen molar-refractivity contribution in [2.24, 2.45) is 0 Å². The molecule has 0 aliphatic carbocycles. The number of benzene rings is 1. The van der Waals surface area contributed by atoms with Gasteiger partial charge in [-0.25, -0.2) is 4.79 Å². The summed E-state index contributed by atoms with van der Waals surface area (Å²) in [5.41, 5.74) is -2.41. The van der Waals surface area contributed by atoms with Gasteiger partial charge in [0, 0.05) is 11.0 Å². The predicted octanol–water partition coefficient (Wildman–Crippen LogP) is 3.75. The van der Waals surface area contributed by atoms with Gasteiger partial charge in [-0.15, -0.1) is 0 Å². The second-order valence-electron chi connectivity index (χ2n) is 5.74. The van der Waals surface area contributed by atoms with Gasteiger partial charge in [0.2, 0.25) is 11.7 Å². The van der Waals surface area contributed by atoms with Crippen LogP contribution in [0.5, 0.6) is 0 Å². The standard InChI is InChI=1S/C14H13F3N2O3/c1-13(2,3)12-18-10(19-22-12)8-5-4-7(11(20)21)6-9(8)14(15,16)17/h4-6H,1-3H3,(H,20,21). The Hall–Kier alpha value is -2.38. The van der Waals surface area contributed by atoms with Gasteiger partial charge in [0.1, 0.15) is 0 Å². The second kappa shape index (κ2) is 5.11. The first kappa shape index (κ1) is 16.0. The number of alkyl halides is 3. The maximum atomic E-state index is 13.1. The van der Waals surface area contributed by atoms with E-state index in [1.54, 1.807) is 20.8 Å². The van der Waals surface area contributed by atoms with E-state index in [2.05, 4.69) is 10.1 Å². The highest BCUT2D eigenvalue weighted by atomic mass is 19.4. The molecule has 0 radical (unpaired) electrons. The molecule has 0 saturated heterocycles. The average Bonchev–Trinajstić information content (AvgIpc) is 2.86. The van der Waals surface area contributed by atoms with Crippen LogP contribution in [0.25, 0.3) is 11.4 Å². The smallest absolute Gasteiger partial charge is 0.417 e. The van der Waals surface area contributed by atoms with Crippen LogP contribution in [0.15, 0.2) is 22.7 Å². The molecule has 0 atom stereocenters. The van der Waals surface area contributed by atoms with Gasteiger partial charge in [-0.1, -0.05) is 25.9 Å². The van der Waals surface area contributed by atoms with Crippen molar-refractivity contribution in [2.45, 2.75) is 32.4 Å². The molecule has 5 nitrogen and oxygen atoms in total. The molecule has 0 bridgehead atoms. The number of carboxylic acids is 1. The van der Waals surface area contributed by atoms with Crippen LogP contribution in [-0.4, -0.2) is 21.2 Å². The summed E-state index contributed by atoms with van der Waals surface area (Å²) >= 11 is 0. The summed E-state index contributed by atoms with van der Waals surface area (Å²) in [7, 11) is 0. The number of carbonyl (C=O) groups is 1. The lowest BCUT2D eigenvalue weighted by molar-refractivity contribution is -0.137. The Morgan fingerprint density at radius 1 is 1.23 bits per heavy atom. The van der Waals surface area contributed by atoms with Crippen molar-refractivity contribution in [3.63, 3.8) is 0 Å². The normalized spacial score (nSPS) is 12.5. The molecule has 1 N–H and O–H groups in total. The Labute approximate surface area is 123 Å². The molecular formula is C14H13F3N2O3. The van der Waals surface area contributed by atoms with Crippen molar-refractivity contribution in [1.82, 2.24) is 10.1 Å². The molecule has 8 heteroatoms. The first-order valence-electron chi connectivity index (χ1n) is 6.29. The lowest BCUT2D eigenvalue weighted by atomic mass is 9.97. The van der Waals surface area contributed by atoms with Crippen LogP contribution in [0.2, 0.25) is 0 Å². The Bertz CT molecular complexity index is 715. The van der Waals surface area contributed by atoms with E-state index >= 15 is 0 Å². The van der Waals surface area contributed by atoms with Gasteiger partial charge in [-0.2, -0.15) is 18.2 Å². The van der Waals surface area contributed by atoms with E-state index in [0.29, 0.717) is 6.07 Å². The molecule has 0 aliphatic heterocycles. The maximum Gasteiger partial charge on any atom is 0.417 e. The minimum atomic E-state index is -4.73. The van der Waals surface area contributed by atoms with Gasteiger partial charge in [0.05, 0.1) is 11.1 Å². The number of nitrogens with zero attached hydrogens (tertiary/aromatic N) is 2. The highest BCUT2D eigenvalue weighted by molar-refractivity contribution is 5.88. The molecule has 0 fully saturated rings. The number of aromatic nitrogens is 2. The summed E-state index contributed by atoms with van der Waals surface area (Å²) in [6, 6.07) is 2.66. The fraction of sp³-hybridized carbons (Fsp3) is 0.357. The van der Waals surface area contributed by atoms with E-state index < -0.39 is 28.7 Å². The van der Waals surface area contributed by atoms with Gasteiger partial charge >= 0.3 is 12.1 Å². The third-order valence-electron chi connectivity index (χ3n) is 2.88. The lowest BCUT2D eigenvalue weighted by Crippen LogP contribution is -2.12. The molecule has 2 aromatic rings. The van der Waals surface area contributed by atoms with Crippen molar-refractivity contribution in [1.29, 1.82) is 0 Å². The maximum absolute atomic E-state index is 13.1. The minimum absolute atomic E-state index is 0.193. The molecule has 1 aromatic carbocycles. The zero-order valence-corrected chi connectivity index (χ0v) is 12.0. The Morgan fingerprint density at radius 3 is 2.32 bits per heavy atom. The van der Waals surface area contributed by atoms with Crippen molar-refractivity contribution in [3.05, 3.63) is 35.2 Å². The monoisotopic (exact) mass is 314 g/mol. The van der Waals surface area contributed by atoms with Crippen LogP contribution < -0.4 is 0 Å². The summed E-state index contributed by atoms with van der Waals surface area (Å²) in [5, 5.41) is 12.4. The van der Waals surface area contributed by atoms with E-state index in [1.165, 1.54) is 0 Å². The Balaban J connectivity index is 2.60. The number of carboxylic acid groups (broad SMARTS) is 1. The molecule has 2 rings (SSSR count). The van der Waals surface area contributed by atoms with E-state index in [0.717, 1.165) is 12.1 Å². The quantitative estimate of drug-likeness (QED) is 0.913. The van der Waals surface area contributed by atoms with Gasteiger partial charge < -0.3 is 9.63 Å². The van der Waals surface area contributed by atoms with Crippen molar-refractivity contribution in [3.8, 4) is 11.4 Å². The molecule has 0 amide bonds. The summed E-state index contributed by atoms with van der Waals surface area (Å²) < 4.78 is 44.4. The molecule has 118 valence electrons. The van der Waals surface area contributed by atoms with Crippen LogP contribution in [0.4, 0.5) is 13.2 Å². The van der Waals surface area contributed by atoms with Crippen LogP contribution in [0.1, 0.15) is 42.6 Å². The van der Waals surface area contributed by atoms with E-state index in [4.69, 9.17) is 9.63 Å². The van der Waals surface area contributed by atoms with Crippen LogP contribution in [0, 0.1) is 0 Å². The molecule has 1 heterocycles.